The van der Waals surface area contributed by atoms with E-state index < -0.39 is 35.6 Å². The maximum Gasteiger partial charge on any atom is 0.336 e. The van der Waals surface area contributed by atoms with Crippen molar-refractivity contribution < 1.29 is 28.6 Å². The van der Waals surface area contributed by atoms with Crippen LogP contribution in [-0.2, 0) is 23.9 Å². The van der Waals surface area contributed by atoms with Crippen molar-refractivity contribution in [3.63, 3.8) is 0 Å². The highest BCUT2D eigenvalue weighted by Gasteiger charge is 2.53. The lowest BCUT2D eigenvalue weighted by Gasteiger charge is -2.41. The third-order valence-corrected chi connectivity index (χ3v) is 8.10. The quantitative estimate of drug-likeness (QED) is 0.281. The van der Waals surface area contributed by atoms with Gasteiger partial charge in [-0.1, -0.05) is 30.3 Å². The predicted molar refractivity (Wildman–Crippen MR) is 158 cm³/mol. The summed E-state index contributed by atoms with van der Waals surface area (Å²) in [5.74, 6) is -3.84. The summed E-state index contributed by atoms with van der Waals surface area (Å²) < 4.78 is 16.5. The largest absolute Gasteiger partial charge is 0.496 e. The Hall–Kier alpha value is -3.94. The van der Waals surface area contributed by atoms with Crippen molar-refractivity contribution in [2.75, 3.05) is 38.3 Å². The number of fused-ring (bicyclic) bond motifs is 1. The van der Waals surface area contributed by atoms with Gasteiger partial charge in [0.2, 0.25) is 0 Å². The van der Waals surface area contributed by atoms with Crippen LogP contribution in [-0.4, -0.2) is 56.8 Å². The first kappa shape index (κ1) is 30.0. The molecular weight excluding hydrogens is 520 g/mol. The maximum absolute atomic E-state index is 14.5. The average Bonchev–Trinajstić information content (AvgIpc) is 2.97. The molecule has 1 heterocycles. The molecule has 1 aliphatic heterocycles. The van der Waals surface area contributed by atoms with Crippen LogP contribution in [0.15, 0.2) is 64.8 Å². The number of rotatable bonds is 10. The van der Waals surface area contributed by atoms with Gasteiger partial charge in [0.15, 0.2) is 5.78 Å². The fraction of sp³-hybridized carbons (Fsp3) is 0.455. The molecule has 1 unspecified atom stereocenters. The number of hydrogen-bond acceptors (Lipinski definition) is 8. The summed E-state index contributed by atoms with van der Waals surface area (Å²) in [7, 11) is 1.57. The minimum absolute atomic E-state index is 0.149. The number of esters is 2. The number of Topliss-reactive ketones (excluding diaryl/α,β-unsaturated/α-hetero) is 1. The van der Waals surface area contributed by atoms with Crippen molar-refractivity contribution in [1.29, 1.82) is 0 Å². The first-order valence-corrected chi connectivity index (χ1v) is 14.4. The van der Waals surface area contributed by atoms with Gasteiger partial charge in [0.25, 0.3) is 0 Å². The lowest BCUT2D eigenvalue weighted by atomic mass is 9.62. The van der Waals surface area contributed by atoms with Crippen molar-refractivity contribution >= 4 is 29.1 Å². The number of anilines is 1. The zero-order valence-corrected chi connectivity index (χ0v) is 24.8. The minimum atomic E-state index is -1.07. The number of methoxy groups -OCH3 is 1. The second-order valence-corrected chi connectivity index (χ2v) is 10.2. The molecule has 0 spiro atoms. The number of allylic oxidation sites excluding steroid dienone is 1. The van der Waals surface area contributed by atoms with Crippen LogP contribution in [0, 0.1) is 11.8 Å². The fourth-order valence-corrected chi connectivity index (χ4v) is 6.26. The highest BCUT2D eigenvalue weighted by molar-refractivity contribution is 6.18. The van der Waals surface area contributed by atoms with Crippen molar-refractivity contribution in [3.8, 4) is 5.75 Å². The van der Waals surface area contributed by atoms with E-state index in [0.717, 1.165) is 29.9 Å². The van der Waals surface area contributed by atoms with Gasteiger partial charge in [-0.15, -0.1) is 0 Å². The normalized spacial score (nSPS) is 22.0. The third-order valence-electron chi connectivity index (χ3n) is 8.10. The van der Waals surface area contributed by atoms with Crippen LogP contribution in [0.1, 0.15) is 64.0 Å². The lowest BCUT2D eigenvalue weighted by molar-refractivity contribution is -0.153. The van der Waals surface area contributed by atoms with Crippen molar-refractivity contribution in [1.82, 2.24) is 0 Å². The Labute approximate surface area is 242 Å². The summed E-state index contributed by atoms with van der Waals surface area (Å²) in [6.07, 6.45) is 0.349. The molecule has 1 aliphatic carbocycles. The van der Waals surface area contributed by atoms with Gasteiger partial charge in [0, 0.05) is 42.0 Å². The van der Waals surface area contributed by atoms with Crippen LogP contribution in [0.25, 0.3) is 0 Å². The number of nitrogens with zero attached hydrogens (tertiary/aromatic N) is 2. The number of ketones is 1. The maximum atomic E-state index is 14.5. The number of carbonyl (C=O) groups excluding carboxylic acids is 3. The first-order valence-electron chi connectivity index (χ1n) is 14.4. The summed E-state index contributed by atoms with van der Waals surface area (Å²) in [5.41, 5.74) is 4.12. The van der Waals surface area contributed by atoms with E-state index in [4.69, 9.17) is 19.2 Å². The second kappa shape index (κ2) is 13.1. The van der Waals surface area contributed by atoms with Crippen LogP contribution >= 0.6 is 0 Å². The monoisotopic (exact) mass is 560 g/mol. The molecule has 8 nitrogen and oxygen atoms in total. The first-order chi connectivity index (χ1) is 19.8. The molecule has 218 valence electrons. The Balaban J connectivity index is 1.88. The van der Waals surface area contributed by atoms with E-state index in [1.807, 2.05) is 48.5 Å². The van der Waals surface area contributed by atoms with E-state index in [2.05, 4.69) is 18.7 Å². The number of para-hydroxylation sites is 1. The summed E-state index contributed by atoms with van der Waals surface area (Å²) in [6.45, 7) is 11.5. The Kier molecular flexibility index (Phi) is 9.63. The topological polar surface area (TPSA) is 94.5 Å². The van der Waals surface area contributed by atoms with E-state index in [1.165, 1.54) is 0 Å². The number of ether oxygens (including phenoxy) is 3. The Morgan fingerprint density at radius 3 is 2.20 bits per heavy atom. The van der Waals surface area contributed by atoms with Gasteiger partial charge in [-0.05, 0) is 70.4 Å². The van der Waals surface area contributed by atoms with Crippen molar-refractivity contribution in [3.05, 3.63) is 70.9 Å². The molecule has 0 saturated heterocycles. The molecule has 4 rings (SSSR count). The average molecular weight is 561 g/mol. The Morgan fingerprint density at radius 1 is 0.927 bits per heavy atom. The van der Waals surface area contributed by atoms with Crippen LogP contribution in [0.3, 0.4) is 0 Å². The molecule has 4 atom stereocenters. The molecule has 41 heavy (non-hydrogen) atoms. The van der Waals surface area contributed by atoms with Gasteiger partial charge in [-0.2, -0.15) is 0 Å². The van der Waals surface area contributed by atoms with E-state index in [-0.39, 0.29) is 19.0 Å². The summed E-state index contributed by atoms with van der Waals surface area (Å²) in [6, 6.07) is 15.4. The van der Waals surface area contributed by atoms with E-state index in [0.29, 0.717) is 29.2 Å². The van der Waals surface area contributed by atoms with Gasteiger partial charge in [0.05, 0.1) is 31.8 Å². The molecule has 2 aromatic rings. The minimum Gasteiger partial charge on any atom is -0.496 e. The zero-order valence-electron chi connectivity index (χ0n) is 24.8. The molecule has 2 aliphatic rings. The SMILES string of the molecule is CCOC(=O)C1=C(C)N=C2C[C@@H](c3ccccc3OC)[C@H](C(=O)OCC)C(=O)C2[C@H]1c1ccc(N(CC)CC)cc1. The van der Waals surface area contributed by atoms with Crippen LogP contribution in [0.2, 0.25) is 0 Å². The summed E-state index contributed by atoms with van der Waals surface area (Å²) >= 11 is 0. The van der Waals surface area contributed by atoms with Crippen LogP contribution in [0.5, 0.6) is 5.75 Å². The molecule has 0 aromatic heterocycles. The molecule has 8 heteroatoms. The van der Waals surface area contributed by atoms with Crippen LogP contribution < -0.4 is 9.64 Å². The van der Waals surface area contributed by atoms with E-state index in [1.54, 1.807) is 27.9 Å². The smallest absolute Gasteiger partial charge is 0.336 e. The van der Waals surface area contributed by atoms with Gasteiger partial charge in [-0.3, -0.25) is 14.6 Å². The molecule has 0 N–H and O–H groups in total. The molecule has 0 radical (unpaired) electrons. The molecular formula is C33H40N2O6. The number of hydrogen-bond donors (Lipinski definition) is 0. The van der Waals surface area contributed by atoms with Crippen molar-refractivity contribution in [2.45, 2.75) is 52.9 Å². The van der Waals surface area contributed by atoms with Gasteiger partial charge in [0.1, 0.15) is 11.7 Å². The third kappa shape index (κ3) is 5.78. The molecule has 0 amide bonds. The second-order valence-electron chi connectivity index (χ2n) is 10.2. The standard InChI is InChI=1S/C33H40N2O6/c1-7-35(8-2)22-17-15-21(16-18-22)28-27(32(37)40-9-3)20(5)34-25-19-24(23-13-11-12-14-26(23)39-6)29(31(36)30(25)28)33(38)41-10-4/h11-18,24,28-30H,7-10,19H2,1-6H3/t24-,28-,29-,30?/m0/s1. The highest BCUT2D eigenvalue weighted by atomic mass is 16.5. The van der Waals surface area contributed by atoms with Crippen LogP contribution in [0.4, 0.5) is 5.69 Å². The van der Waals surface area contributed by atoms with Crippen molar-refractivity contribution in [2.24, 2.45) is 16.8 Å². The summed E-state index contributed by atoms with van der Waals surface area (Å²) in [4.78, 5) is 48.4. The summed E-state index contributed by atoms with van der Waals surface area (Å²) in [5, 5.41) is 0. The molecule has 2 aromatic carbocycles. The van der Waals surface area contributed by atoms with Gasteiger partial charge in [-0.25, -0.2) is 4.79 Å². The molecule has 1 saturated carbocycles. The van der Waals surface area contributed by atoms with E-state index in [9.17, 15) is 14.4 Å². The number of benzene rings is 2. The fourth-order valence-electron chi connectivity index (χ4n) is 6.26. The molecule has 1 fully saturated rings. The molecule has 0 bridgehead atoms. The van der Waals surface area contributed by atoms with E-state index >= 15 is 0 Å². The lowest BCUT2D eigenvalue weighted by Crippen LogP contribution is -2.48. The van der Waals surface area contributed by atoms with Gasteiger partial charge < -0.3 is 19.1 Å². The Bertz CT molecular complexity index is 1340. The zero-order chi connectivity index (χ0) is 29.7. The number of carbonyl (C=O) groups is 3. The highest BCUT2D eigenvalue weighted by Crippen LogP contribution is 2.49. The number of aliphatic imine (C=N–C) groups is 1. The van der Waals surface area contributed by atoms with Gasteiger partial charge >= 0.3 is 11.9 Å². The predicted octanol–water partition coefficient (Wildman–Crippen LogP) is 5.47. The Morgan fingerprint density at radius 2 is 1.59 bits per heavy atom.